The van der Waals surface area contributed by atoms with Crippen LogP contribution in [0.3, 0.4) is 0 Å². The van der Waals surface area contributed by atoms with E-state index in [-0.39, 0.29) is 17.9 Å². The Morgan fingerprint density at radius 3 is 2.71 bits per heavy atom. The molecule has 1 atom stereocenters. The van der Waals surface area contributed by atoms with E-state index in [1.54, 1.807) is 5.01 Å². The minimum atomic E-state index is -0.470. The summed E-state index contributed by atoms with van der Waals surface area (Å²) in [7, 11) is 0. The lowest BCUT2D eigenvalue weighted by atomic mass is 9.99. The molecule has 1 saturated heterocycles. The van der Waals surface area contributed by atoms with Crippen molar-refractivity contribution >= 4 is 11.8 Å². The first-order valence-electron chi connectivity index (χ1n) is 5.89. The van der Waals surface area contributed by atoms with Gasteiger partial charge in [-0.05, 0) is 25.7 Å². The molecule has 4 N–H and O–H groups in total. The second kappa shape index (κ2) is 4.62. The number of hydrogen-bond acceptors (Lipinski definition) is 4. The minimum absolute atomic E-state index is 0.230. The Hall–Kier alpha value is -1.14. The van der Waals surface area contributed by atoms with Crippen LogP contribution < -0.4 is 11.2 Å². The minimum Gasteiger partial charge on any atom is -0.392 e. The molecular formula is C11H18N3O3. The fraction of sp³-hybridized carbons (Fsp3) is 0.727. The molecule has 1 aliphatic heterocycles. The SMILES string of the molecule is NC(=O)C1(C[CH]C(=O)NN2CC[C@H](O)C2)CC1. The maximum Gasteiger partial charge on any atom is 0.238 e. The van der Waals surface area contributed by atoms with E-state index in [0.29, 0.717) is 25.9 Å². The third kappa shape index (κ3) is 2.95. The molecule has 1 radical (unpaired) electrons. The van der Waals surface area contributed by atoms with Crippen molar-refractivity contribution in [2.45, 2.75) is 31.8 Å². The number of rotatable bonds is 5. The van der Waals surface area contributed by atoms with Crippen molar-refractivity contribution in [3.05, 3.63) is 6.42 Å². The molecule has 1 heterocycles. The average Bonchev–Trinajstić information content (AvgIpc) is 2.96. The molecular weight excluding hydrogens is 222 g/mol. The quantitative estimate of drug-likeness (QED) is 0.571. The van der Waals surface area contributed by atoms with Gasteiger partial charge < -0.3 is 10.8 Å². The van der Waals surface area contributed by atoms with Crippen LogP contribution in [-0.2, 0) is 9.59 Å². The van der Waals surface area contributed by atoms with E-state index in [1.165, 1.54) is 6.42 Å². The Labute approximate surface area is 100 Å². The van der Waals surface area contributed by atoms with Crippen LogP contribution in [0.25, 0.3) is 0 Å². The number of carbonyl (C=O) groups excluding carboxylic acids is 2. The van der Waals surface area contributed by atoms with Gasteiger partial charge in [0.25, 0.3) is 0 Å². The summed E-state index contributed by atoms with van der Waals surface area (Å²) in [6, 6.07) is 0. The van der Waals surface area contributed by atoms with Gasteiger partial charge in [0.2, 0.25) is 11.8 Å². The summed E-state index contributed by atoms with van der Waals surface area (Å²) in [5.74, 6) is -0.551. The number of aliphatic hydroxyl groups excluding tert-OH is 1. The van der Waals surface area contributed by atoms with Crippen molar-refractivity contribution < 1.29 is 14.7 Å². The third-order valence-electron chi connectivity index (χ3n) is 3.49. The molecule has 1 aliphatic carbocycles. The van der Waals surface area contributed by atoms with Gasteiger partial charge in [-0.25, -0.2) is 5.01 Å². The highest BCUT2D eigenvalue weighted by Gasteiger charge is 2.48. The topological polar surface area (TPSA) is 95.7 Å². The zero-order valence-electron chi connectivity index (χ0n) is 9.69. The number of primary amides is 1. The van der Waals surface area contributed by atoms with Crippen LogP contribution in [0.2, 0.25) is 0 Å². The van der Waals surface area contributed by atoms with Gasteiger partial charge in [0, 0.05) is 18.5 Å². The number of carbonyl (C=O) groups is 2. The van der Waals surface area contributed by atoms with Crippen molar-refractivity contribution in [2.24, 2.45) is 11.1 Å². The molecule has 6 nitrogen and oxygen atoms in total. The molecule has 0 aromatic rings. The first-order valence-corrected chi connectivity index (χ1v) is 5.89. The Kier molecular flexibility index (Phi) is 3.35. The van der Waals surface area contributed by atoms with Crippen molar-refractivity contribution in [2.75, 3.05) is 13.1 Å². The molecule has 95 valence electrons. The molecule has 2 amide bonds. The fourth-order valence-corrected chi connectivity index (χ4v) is 2.03. The lowest BCUT2D eigenvalue weighted by Gasteiger charge is -2.17. The highest BCUT2D eigenvalue weighted by molar-refractivity contribution is 5.88. The number of nitrogens with two attached hydrogens (primary N) is 1. The summed E-state index contributed by atoms with van der Waals surface area (Å²) in [6.45, 7) is 1.11. The average molecular weight is 240 g/mol. The van der Waals surface area contributed by atoms with Crippen LogP contribution in [0.5, 0.6) is 0 Å². The molecule has 2 aliphatic rings. The van der Waals surface area contributed by atoms with Gasteiger partial charge in [0.15, 0.2) is 0 Å². The van der Waals surface area contributed by atoms with Gasteiger partial charge in [-0.2, -0.15) is 0 Å². The maximum atomic E-state index is 11.6. The van der Waals surface area contributed by atoms with Crippen molar-refractivity contribution in [1.29, 1.82) is 0 Å². The number of β-amino-alcohol motifs (C(OH)–C–C–N with tert-alkyl or cyclic N) is 1. The van der Waals surface area contributed by atoms with Crippen molar-refractivity contribution in [3.8, 4) is 0 Å². The Morgan fingerprint density at radius 1 is 1.53 bits per heavy atom. The highest BCUT2D eigenvalue weighted by atomic mass is 16.3. The summed E-state index contributed by atoms with van der Waals surface area (Å²) < 4.78 is 0. The summed E-state index contributed by atoms with van der Waals surface area (Å²) >= 11 is 0. The Bertz CT molecular complexity index is 328. The summed E-state index contributed by atoms with van der Waals surface area (Å²) in [5.41, 5.74) is 7.47. The van der Waals surface area contributed by atoms with Crippen LogP contribution in [0.1, 0.15) is 25.7 Å². The molecule has 0 aromatic carbocycles. The van der Waals surface area contributed by atoms with Crippen LogP contribution in [-0.4, -0.2) is 41.1 Å². The van der Waals surface area contributed by atoms with Crippen LogP contribution in [0, 0.1) is 11.8 Å². The molecule has 2 rings (SSSR count). The largest absolute Gasteiger partial charge is 0.392 e. The molecule has 2 fully saturated rings. The number of hydrogen-bond donors (Lipinski definition) is 3. The van der Waals surface area contributed by atoms with Gasteiger partial charge in [0.1, 0.15) is 0 Å². The van der Waals surface area contributed by atoms with Crippen LogP contribution >= 0.6 is 0 Å². The van der Waals surface area contributed by atoms with Crippen LogP contribution in [0.4, 0.5) is 0 Å². The van der Waals surface area contributed by atoms with Gasteiger partial charge >= 0.3 is 0 Å². The smallest absolute Gasteiger partial charge is 0.238 e. The number of aliphatic hydroxyl groups is 1. The Morgan fingerprint density at radius 2 is 2.24 bits per heavy atom. The third-order valence-corrected chi connectivity index (χ3v) is 3.49. The second-order valence-corrected chi connectivity index (χ2v) is 4.92. The number of hydrazine groups is 1. The summed E-state index contributed by atoms with van der Waals surface area (Å²) in [6.07, 6.45) is 3.73. The van der Waals surface area contributed by atoms with Crippen molar-refractivity contribution in [1.82, 2.24) is 10.4 Å². The fourth-order valence-electron chi connectivity index (χ4n) is 2.03. The zero-order chi connectivity index (χ0) is 12.5. The lowest BCUT2D eigenvalue weighted by Crippen LogP contribution is -2.41. The van der Waals surface area contributed by atoms with Gasteiger partial charge in [-0.1, -0.05) is 0 Å². The lowest BCUT2D eigenvalue weighted by molar-refractivity contribution is -0.124. The molecule has 0 bridgehead atoms. The molecule has 0 aromatic heterocycles. The van der Waals surface area contributed by atoms with E-state index < -0.39 is 5.41 Å². The van der Waals surface area contributed by atoms with E-state index in [2.05, 4.69) is 5.43 Å². The zero-order valence-corrected chi connectivity index (χ0v) is 9.69. The normalized spacial score (nSPS) is 26.8. The summed E-state index contributed by atoms with van der Waals surface area (Å²) in [5, 5.41) is 11.0. The monoisotopic (exact) mass is 240 g/mol. The standard InChI is InChI=1S/C11H18N3O3/c12-10(17)11(4-5-11)3-1-9(16)13-14-6-2-8(15)7-14/h1,8,15H,2-7H2,(H2,12,17)(H,13,16)/t8-/m0/s1. The molecule has 0 spiro atoms. The van der Waals surface area contributed by atoms with E-state index in [4.69, 9.17) is 5.73 Å². The van der Waals surface area contributed by atoms with Gasteiger partial charge in [0.05, 0.1) is 12.5 Å². The molecule has 0 unspecified atom stereocenters. The van der Waals surface area contributed by atoms with E-state index >= 15 is 0 Å². The van der Waals surface area contributed by atoms with Crippen LogP contribution in [0.15, 0.2) is 0 Å². The summed E-state index contributed by atoms with van der Waals surface area (Å²) in [4.78, 5) is 22.7. The van der Waals surface area contributed by atoms with Gasteiger partial charge in [-0.3, -0.25) is 15.0 Å². The van der Waals surface area contributed by atoms with E-state index in [1.807, 2.05) is 0 Å². The predicted molar refractivity (Wildman–Crippen MR) is 60.1 cm³/mol. The van der Waals surface area contributed by atoms with E-state index in [0.717, 1.165) is 12.8 Å². The molecule has 1 saturated carbocycles. The molecule has 6 heteroatoms. The Balaban J connectivity index is 1.69. The highest BCUT2D eigenvalue weighted by Crippen LogP contribution is 2.49. The second-order valence-electron chi connectivity index (χ2n) is 4.92. The maximum absolute atomic E-state index is 11.6. The number of amides is 2. The molecule has 17 heavy (non-hydrogen) atoms. The first kappa shape index (κ1) is 12.3. The number of nitrogens with one attached hydrogen (secondary N) is 1. The van der Waals surface area contributed by atoms with Crippen molar-refractivity contribution in [3.63, 3.8) is 0 Å². The van der Waals surface area contributed by atoms with Gasteiger partial charge in [-0.15, -0.1) is 0 Å². The first-order chi connectivity index (χ1) is 8.02. The predicted octanol–water partition coefficient (Wildman–Crippen LogP) is -1.06. The van der Waals surface area contributed by atoms with E-state index in [9.17, 15) is 14.7 Å². The number of nitrogens with zero attached hydrogens (tertiary/aromatic N) is 1.